The molecule has 0 spiro atoms. The predicted molar refractivity (Wildman–Crippen MR) is 92.1 cm³/mol. The van der Waals surface area contributed by atoms with Gasteiger partial charge in [-0.2, -0.15) is 0 Å². The van der Waals surface area contributed by atoms with E-state index in [1.165, 1.54) is 12.1 Å². The molecule has 2 aromatic carbocycles. The highest BCUT2D eigenvalue weighted by atomic mass is 19.1. The van der Waals surface area contributed by atoms with Gasteiger partial charge in [0.1, 0.15) is 11.5 Å². The summed E-state index contributed by atoms with van der Waals surface area (Å²) >= 11 is 0. The second-order valence-electron chi connectivity index (χ2n) is 5.42. The van der Waals surface area contributed by atoms with Gasteiger partial charge in [-0.25, -0.2) is 13.8 Å². The van der Waals surface area contributed by atoms with Gasteiger partial charge in [-0.15, -0.1) is 0 Å². The maximum atomic E-state index is 14.3. The summed E-state index contributed by atoms with van der Waals surface area (Å²) in [6.45, 7) is 4.63. The van der Waals surface area contributed by atoms with Crippen molar-refractivity contribution < 1.29 is 8.78 Å². The van der Waals surface area contributed by atoms with E-state index in [0.717, 1.165) is 12.1 Å². The number of aryl methyl sites for hydroxylation is 1. The Kier molecular flexibility index (Phi) is 5.32. The highest BCUT2D eigenvalue weighted by molar-refractivity contribution is 5.70. The van der Waals surface area contributed by atoms with Gasteiger partial charge in [-0.05, 0) is 37.6 Å². The van der Waals surface area contributed by atoms with Gasteiger partial charge in [0.2, 0.25) is 0 Å². The SMILES string of the molecule is CCN(C)/C=N/c1cc(C)c(N(C)c2ccccc2F)cc1F. The monoisotopic (exact) mass is 317 g/mol. The molecule has 23 heavy (non-hydrogen) atoms. The molecule has 0 aromatic heterocycles. The Hall–Kier alpha value is -2.43. The van der Waals surface area contributed by atoms with Crippen LogP contribution >= 0.6 is 0 Å². The molecule has 122 valence electrons. The van der Waals surface area contributed by atoms with Crippen molar-refractivity contribution in [3.05, 3.63) is 53.6 Å². The lowest BCUT2D eigenvalue weighted by molar-refractivity contribution is 0.551. The first-order chi connectivity index (χ1) is 10.9. The molecule has 0 atom stereocenters. The lowest BCUT2D eigenvalue weighted by Crippen LogP contribution is -2.14. The Labute approximate surface area is 135 Å². The minimum atomic E-state index is -0.436. The van der Waals surface area contributed by atoms with Crippen molar-refractivity contribution in [2.24, 2.45) is 4.99 Å². The van der Waals surface area contributed by atoms with Crippen LogP contribution in [0.4, 0.5) is 25.8 Å². The van der Waals surface area contributed by atoms with Gasteiger partial charge in [-0.1, -0.05) is 12.1 Å². The van der Waals surface area contributed by atoms with Crippen molar-refractivity contribution in [3.8, 4) is 0 Å². The third kappa shape index (κ3) is 3.86. The van der Waals surface area contributed by atoms with Gasteiger partial charge >= 0.3 is 0 Å². The van der Waals surface area contributed by atoms with Crippen LogP contribution in [0.2, 0.25) is 0 Å². The number of hydrogen-bond donors (Lipinski definition) is 0. The predicted octanol–water partition coefficient (Wildman–Crippen LogP) is 4.65. The van der Waals surface area contributed by atoms with Crippen LogP contribution < -0.4 is 4.90 Å². The van der Waals surface area contributed by atoms with Gasteiger partial charge in [0.05, 0.1) is 12.0 Å². The van der Waals surface area contributed by atoms with E-state index in [1.807, 2.05) is 25.8 Å². The third-order valence-corrected chi connectivity index (χ3v) is 3.73. The molecule has 0 aliphatic carbocycles. The molecule has 0 saturated carbocycles. The zero-order chi connectivity index (χ0) is 17.0. The average Bonchev–Trinajstić information content (AvgIpc) is 2.54. The molecule has 2 rings (SSSR count). The Bertz CT molecular complexity index is 713. The van der Waals surface area contributed by atoms with E-state index < -0.39 is 5.82 Å². The summed E-state index contributed by atoms with van der Waals surface area (Å²) in [6, 6.07) is 9.48. The summed E-state index contributed by atoms with van der Waals surface area (Å²) in [5.74, 6) is -0.781. The maximum Gasteiger partial charge on any atom is 0.150 e. The van der Waals surface area contributed by atoms with Gasteiger partial charge < -0.3 is 9.80 Å². The molecular weight excluding hydrogens is 296 g/mol. The van der Waals surface area contributed by atoms with Crippen molar-refractivity contribution in [1.29, 1.82) is 0 Å². The van der Waals surface area contributed by atoms with Crippen LogP contribution in [0, 0.1) is 18.6 Å². The topological polar surface area (TPSA) is 18.8 Å². The minimum absolute atomic E-state index is 0.272. The summed E-state index contributed by atoms with van der Waals surface area (Å²) in [6.07, 6.45) is 1.60. The lowest BCUT2D eigenvalue weighted by Gasteiger charge is -2.22. The molecule has 2 aromatic rings. The molecule has 3 nitrogen and oxygen atoms in total. The first kappa shape index (κ1) is 16.9. The number of hydrogen-bond acceptors (Lipinski definition) is 2. The van der Waals surface area contributed by atoms with Gasteiger partial charge in [0, 0.05) is 32.4 Å². The van der Waals surface area contributed by atoms with Crippen LogP contribution in [0.25, 0.3) is 0 Å². The van der Waals surface area contributed by atoms with E-state index in [1.54, 1.807) is 42.6 Å². The average molecular weight is 317 g/mol. The van der Waals surface area contributed by atoms with Crippen molar-refractivity contribution in [2.45, 2.75) is 13.8 Å². The maximum absolute atomic E-state index is 14.3. The van der Waals surface area contributed by atoms with Crippen molar-refractivity contribution in [3.63, 3.8) is 0 Å². The Morgan fingerprint density at radius 3 is 2.39 bits per heavy atom. The Morgan fingerprint density at radius 1 is 1.04 bits per heavy atom. The van der Waals surface area contributed by atoms with E-state index >= 15 is 0 Å². The zero-order valence-electron chi connectivity index (χ0n) is 13.8. The summed E-state index contributed by atoms with van der Waals surface area (Å²) in [5, 5.41) is 0. The van der Waals surface area contributed by atoms with Gasteiger partial charge in [0.25, 0.3) is 0 Å². The molecule has 0 unspecified atom stereocenters. The fourth-order valence-corrected chi connectivity index (χ4v) is 2.21. The second-order valence-corrected chi connectivity index (χ2v) is 5.42. The van der Waals surface area contributed by atoms with E-state index in [0.29, 0.717) is 11.4 Å². The number of rotatable bonds is 5. The Morgan fingerprint density at radius 2 is 1.74 bits per heavy atom. The smallest absolute Gasteiger partial charge is 0.150 e. The number of nitrogens with zero attached hydrogens (tertiary/aromatic N) is 3. The highest BCUT2D eigenvalue weighted by Crippen LogP contribution is 2.32. The van der Waals surface area contributed by atoms with Crippen molar-refractivity contribution in [2.75, 3.05) is 25.5 Å². The molecule has 0 radical (unpaired) electrons. The molecular formula is C18H21F2N3. The third-order valence-electron chi connectivity index (χ3n) is 3.73. The highest BCUT2D eigenvalue weighted by Gasteiger charge is 2.14. The first-order valence-corrected chi connectivity index (χ1v) is 7.46. The molecule has 0 heterocycles. The molecule has 5 heteroatoms. The number of aliphatic imine (C=N–C) groups is 1. The van der Waals surface area contributed by atoms with Gasteiger partial charge in [0.15, 0.2) is 5.82 Å². The standard InChI is InChI=1S/C18H21F2N3/c1-5-22(3)12-21-16-10-13(2)18(11-15(16)20)23(4)17-9-7-6-8-14(17)19/h6-12H,5H2,1-4H3/b21-12+. The van der Waals surface area contributed by atoms with Crippen molar-refractivity contribution in [1.82, 2.24) is 4.90 Å². The number of benzene rings is 2. The van der Waals surface area contributed by atoms with E-state index in [-0.39, 0.29) is 11.5 Å². The largest absolute Gasteiger partial charge is 0.366 e. The van der Waals surface area contributed by atoms with Crippen molar-refractivity contribution >= 4 is 23.4 Å². The summed E-state index contributed by atoms with van der Waals surface area (Å²) in [5.41, 5.74) is 2.10. The molecule has 0 N–H and O–H groups in total. The molecule has 0 aliphatic heterocycles. The van der Waals surface area contributed by atoms with E-state index in [4.69, 9.17) is 0 Å². The number of para-hydroxylation sites is 1. The van der Waals surface area contributed by atoms with Crippen LogP contribution in [0.5, 0.6) is 0 Å². The number of anilines is 2. The summed E-state index contributed by atoms with van der Waals surface area (Å²) in [4.78, 5) is 7.66. The molecule has 0 fully saturated rings. The molecule has 0 aliphatic rings. The summed E-state index contributed by atoms with van der Waals surface area (Å²) in [7, 11) is 3.59. The van der Waals surface area contributed by atoms with Crippen LogP contribution in [-0.4, -0.2) is 31.9 Å². The quantitative estimate of drug-likeness (QED) is 0.590. The fraction of sp³-hybridized carbons (Fsp3) is 0.278. The van der Waals surface area contributed by atoms with Crippen LogP contribution in [0.3, 0.4) is 0 Å². The lowest BCUT2D eigenvalue weighted by atomic mass is 10.1. The normalized spacial score (nSPS) is 11.0. The second kappa shape index (κ2) is 7.22. The van der Waals surface area contributed by atoms with E-state index in [9.17, 15) is 8.78 Å². The van der Waals surface area contributed by atoms with E-state index in [2.05, 4.69) is 4.99 Å². The first-order valence-electron chi connectivity index (χ1n) is 7.46. The van der Waals surface area contributed by atoms with Crippen LogP contribution in [-0.2, 0) is 0 Å². The number of halogens is 2. The summed E-state index contributed by atoms with van der Waals surface area (Å²) < 4.78 is 28.2. The zero-order valence-corrected chi connectivity index (χ0v) is 13.8. The van der Waals surface area contributed by atoms with Gasteiger partial charge in [-0.3, -0.25) is 0 Å². The minimum Gasteiger partial charge on any atom is -0.366 e. The molecule has 0 bridgehead atoms. The van der Waals surface area contributed by atoms with Crippen LogP contribution in [0.15, 0.2) is 41.4 Å². The Balaban J connectivity index is 2.37. The van der Waals surface area contributed by atoms with Crippen LogP contribution in [0.1, 0.15) is 12.5 Å². The molecule has 0 saturated heterocycles. The fourth-order valence-electron chi connectivity index (χ4n) is 2.21. The molecule has 0 amide bonds.